The second-order valence-corrected chi connectivity index (χ2v) is 6.30. The van der Waals surface area contributed by atoms with Gasteiger partial charge < -0.3 is 20.4 Å². The van der Waals surface area contributed by atoms with Crippen LogP contribution in [0.3, 0.4) is 0 Å². The molecular formula is C22H20N4O3. The molecule has 29 heavy (non-hydrogen) atoms. The number of aromatic nitrogens is 1. The van der Waals surface area contributed by atoms with Gasteiger partial charge in [0, 0.05) is 11.9 Å². The van der Waals surface area contributed by atoms with Gasteiger partial charge in [0.05, 0.1) is 29.6 Å². The number of aryl methyl sites for hydroxylation is 1. The van der Waals surface area contributed by atoms with E-state index in [1.807, 2.05) is 30.3 Å². The van der Waals surface area contributed by atoms with Gasteiger partial charge in [-0.25, -0.2) is 4.79 Å². The number of hydrogen-bond donors (Lipinski definition) is 2. The number of benzene rings is 2. The van der Waals surface area contributed by atoms with E-state index in [0.717, 1.165) is 12.0 Å². The number of ether oxygens (including phenoxy) is 1. The van der Waals surface area contributed by atoms with E-state index in [9.17, 15) is 14.9 Å². The highest BCUT2D eigenvalue weighted by atomic mass is 16.5. The summed E-state index contributed by atoms with van der Waals surface area (Å²) in [6.45, 7) is 2.06. The van der Waals surface area contributed by atoms with Gasteiger partial charge in [0.15, 0.2) is 5.69 Å². The molecule has 1 amide bonds. The average Bonchev–Trinajstić information content (AvgIpc) is 3.09. The van der Waals surface area contributed by atoms with Gasteiger partial charge in [0.25, 0.3) is 5.91 Å². The van der Waals surface area contributed by atoms with Gasteiger partial charge in [-0.2, -0.15) is 5.26 Å². The molecule has 0 aliphatic carbocycles. The Morgan fingerprint density at radius 2 is 1.86 bits per heavy atom. The fraction of sp³-hybridized carbons (Fsp3) is 0.136. The molecule has 1 aromatic heterocycles. The number of nitrogen functional groups attached to an aromatic ring is 1. The number of para-hydroxylation sites is 1. The van der Waals surface area contributed by atoms with E-state index >= 15 is 0 Å². The van der Waals surface area contributed by atoms with Crippen LogP contribution >= 0.6 is 0 Å². The first kappa shape index (κ1) is 19.7. The van der Waals surface area contributed by atoms with Crippen LogP contribution in [0.5, 0.6) is 0 Å². The van der Waals surface area contributed by atoms with Gasteiger partial charge in [-0.15, -0.1) is 0 Å². The molecule has 0 unspecified atom stereocenters. The third kappa shape index (κ3) is 3.82. The summed E-state index contributed by atoms with van der Waals surface area (Å²) in [5.74, 6) is -1.05. The summed E-state index contributed by atoms with van der Waals surface area (Å²) in [5, 5.41) is 12.2. The molecule has 0 radical (unpaired) electrons. The fourth-order valence-corrected chi connectivity index (χ4v) is 3.00. The molecule has 3 N–H and O–H groups in total. The number of rotatable bonds is 5. The Morgan fingerprint density at radius 1 is 1.17 bits per heavy atom. The monoisotopic (exact) mass is 388 g/mol. The lowest BCUT2D eigenvalue weighted by Crippen LogP contribution is -2.17. The number of nitrogens with two attached hydrogens (primary N) is 1. The van der Waals surface area contributed by atoms with E-state index in [2.05, 4.69) is 12.2 Å². The smallest absolute Gasteiger partial charge is 0.357 e. The van der Waals surface area contributed by atoms with Crippen molar-refractivity contribution in [2.24, 2.45) is 0 Å². The van der Waals surface area contributed by atoms with Crippen LogP contribution in [0.2, 0.25) is 0 Å². The number of esters is 1. The molecule has 1 heterocycles. The summed E-state index contributed by atoms with van der Waals surface area (Å²) in [4.78, 5) is 25.2. The molecule has 0 atom stereocenters. The summed E-state index contributed by atoms with van der Waals surface area (Å²) < 4.78 is 6.22. The molecule has 2 aromatic carbocycles. The van der Waals surface area contributed by atoms with Crippen LogP contribution in [0.1, 0.15) is 38.9 Å². The molecule has 146 valence electrons. The summed E-state index contributed by atoms with van der Waals surface area (Å²) in [5.41, 5.74) is 8.62. The molecule has 0 saturated heterocycles. The Kier molecular flexibility index (Phi) is 5.65. The lowest BCUT2D eigenvalue weighted by atomic mass is 10.1. The van der Waals surface area contributed by atoms with Gasteiger partial charge in [0.2, 0.25) is 0 Å². The van der Waals surface area contributed by atoms with E-state index in [0.29, 0.717) is 16.9 Å². The molecule has 7 heteroatoms. The molecule has 0 bridgehead atoms. The maximum atomic E-state index is 12.9. The predicted octanol–water partition coefficient (Wildman–Crippen LogP) is 3.53. The van der Waals surface area contributed by atoms with E-state index in [4.69, 9.17) is 10.5 Å². The number of nitrogens with one attached hydrogen (secondary N) is 1. The Balaban J connectivity index is 2.04. The number of amides is 1. The number of hydrogen-bond acceptors (Lipinski definition) is 5. The zero-order valence-corrected chi connectivity index (χ0v) is 16.1. The van der Waals surface area contributed by atoms with Crippen molar-refractivity contribution in [1.82, 2.24) is 4.57 Å². The number of carbonyl (C=O) groups is 2. The van der Waals surface area contributed by atoms with E-state index in [1.165, 1.54) is 17.9 Å². The highest BCUT2D eigenvalue weighted by Gasteiger charge is 2.24. The van der Waals surface area contributed by atoms with Crippen LogP contribution in [0.15, 0.2) is 54.7 Å². The first-order chi connectivity index (χ1) is 14.0. The van der Waals surface area contributed by atoms with E-state index in [-0.39, 0.29) is 22.9 Å². The minimum Gasteiger partial charge on any atom is -0.464 e. The number of methoxy groups -OCH3 is 1. The molecule has 0 spiro atoms. The second kappa shape index (κ2) is 8.31. The zero-order valence-electron chi connectivity index (χ0n) is 16.1. The highest BCUT2D eigenvalue weighted by molar-refractivity contribution is 6.07. The molecule has 0 fully saturated rings. The average molecular weight is 388 g/mol. The largest absolute Gasteiger partial charge is 0.464 e. The number of nitrogens with zero attached hydrogens (tertiary/aromatic N) is 2. The van der Waals surface area contributed by atoms with Crippen molar-refractivity contribution in [2.75, 3.05) is 18.2 Å². The van der Waals surface area contributed by atoms with Crippen molar-refractivity contribution in [3.8, 4) is 11.8 Å². The van der Waals surface area contributed by atoms with Crippen LogP contribution in [-0.4, -0.2) is 23.6 Å². The second-order valence-electron chi connectivity index (χ2n) is 6.30. The first-order valence-electron chi connectivity index (χ1n) is 8.99. The maximum Gasteiger partial charge on any atom is 0.357 e. The number of anilines is 2. The first-order valence-corrected chi connectivity index (χ1v) is 8.99. The fourth-order valence-electron chi connectivity index (χ4n) is 3.00. The highest BCUT2D eigenvalue weighted by Crippen LogP contribution is 2.27. The van der Waals surface area contributed by atoms with Crippen molar-refractivity contribution in [2.45, 2.75) is 13.3 Å². The Labute approximate surface area is 168 Å². The van der Waals surface area contributed by atoms with E-state index in [1.54, 1.807) is 24.3 Å². The van der Waals surface area contributed by atoms with Gasteiger partial charge >= 0.3 is 5.97 Å². The molecule has 3 rings (SSSR count). The summed E-state index contributed by atoms with van der Waals surface area (Å²) >= 11 is 0. The third-order valence-electron chi connectivity index (χ3n) is 4.57. The van der Waals surface area contributed by atoms with Gasteiger partial charge in [-0.3, -0.25) is 4.79 Å². The van der Waals surface area contributed by atoms with Gasteiger partial charge in [0.1, 0.15) is 6.07 Å². The quantitative estimate of drug-likeness (QED) is 0.650. The predicted molar refractivity (Wildman–Crippen MR) is 110 cm³/mol. The minimum absolute atomic E-state index is 0.00315. The third-order valence-corrected chi connectivity index (χ3v) is 4.57. The number of carbonyl (C=O) groups excluding carboxylic acids is 2. The lowest BCUT2D eigenvalue weighted by molar-refractivity contribution is 0.0592. The SMILES string of the molecule is CCc1ccc(NC(=O)c2ccccc2-n2cc(C#N)c(N)c2C(=O)OC)cc1. The van der Waals surface area contributed by atoms with Crippen LogP contribution < -0.4 is 11.1 Å². The Morgan fingerprint density at radius 3 is 2.48 bits per heavy atom. The maximum absolute atomic E-state index is 12.9. The molecule has 0 saturated carbocycles. The summed E-state index contributed by atoms with van der Waals surface area (Å²) in [6.07, 6.45) is 2.33. The van der Waals surface area contributed by atoms with Crippen molar-refractivity contribution >= 4 is 23.3 Å². The van der Waals surface area contributed by atoms with Crippen molar-refractivity contribution in [1.29, 1.82) is 5.26 Å². The summed E-state index contributed by atoms with van der Waals surface area (Å²) in [6, 6.07) is 16.3. The van der Waals surface area contributed by atoms with Gasteiger partial charge in [-0.05, 0) is 36.2 Å². The van der Waals surface area contributed by atoms with Gasteiger partial charge in [-0.1, -0.05) is 31.2 Å². The normalized spacial score (nSPS) is 10.2. The Bertz CT molecular complexity index is 1110. The molecule has 7 nitrogen and oxygen atoms in total. The topological polar surface area (TPSA) is 110 Å². The lowest BCUT2D eigenvalue weighted by Gasteiger charge is -2.14. The molecular weight excluding hydrogens is 368 g/mol. The Hall–Kier alpha value is -4.05. The van der Waals surface area contributed by atoms with E-state index < -0.39 is 5.97 Å². The zero-order chi connectivity index (χ0) is 21.0. The van der Waals surface area contributed by atoms with Crippen LogP contribution in [0.25, 0.3) is 5.69 Å². The molecule has 0 aliphatic heterocycles. The van der Waals surface area contributed by atoms with Crippen molar-refractivity contribution in [3.05, 3.63) is 77.1 Å². The van der Waals surface area contributed by atoms with Crippen molar-refractivity contribution in [3.63, 3.8) is 0 Å². The van der Waals surface area contributed by atoms with Crippen molar-refractivity contribution < 1.29 is 14.3 Å². The standard InChI is InChI=1S/C22H20N4O3/c1-3-14-8-10-16(11-9-14)25-21(27)17-6-4-5-7-18(17)26-13-15(12-23)19(24)20(26)22(28)29-2/h4-11,13H,3,24H2,1-2H3,(H,25,27). The minimum atomic E-state index is -0.700. The van der Waals surface area contributed by atoms with Crippen LogP contribution in [-0.2, 0) is 11.2 Å². The van der Waals surface area contributed by atoms with Crippen LogP contribution in [0.4, 0.5) is 11.4 Å². The summed E-state index contributed by atoms with van der Waals surface area (Å²) in [7, 11) is 1.23. The number of nitriles is 1. The molecule has 0 aliphatic rings. The molecule has 3 aromatic rings. The van der Waals surface area contributed by atoms with Crippen LogP contribution in [0, 0.1) is 11.3 Å².